The van der Waals surface area contributed by atoms with E-state index in [1.165, 1.54) is 0 Å². The van der Waals surface area contributed by atoms with Crippen molar-refractivity contribution >= 4 is 0 Å². The van der Waals surface area contributed by atoms with Crippen LogP contribution in [0, 0.1) is 5.92 Å². The van der Waals surface area contributed by atoms with Crippen molar-refractivity contribution in [2.24, 2.45) is 11.7 Å². The van der Waals surface area contributed by atoms with Crippen molar-refractivity contribution in [2.45, 2.75) is 38.3 Å². The summed E-state index contributed by atoms with van der Waals surface area (Å²) in [6.45, 7) is 5.35. The largest absolute Gasteiger partial charge is 0.402 e. The van der Waals surface area contributed by atoms with Crippen LogP contribution in [0.15, 0.2) is 12.3 Å². The summed E-state index contributed by atoms with van der Waals surface area (Å²) in [5, 5.41) is 0. The molecule has 0 radical (unpaired) electrons. The predicted octanol–water partition coefficient (Wildman–Crippen LogP) is 2.38. The van der Waals surface area contributed by atoms with Crippen LogP contribution in [0.2, 0.25) is 0 Å². The van der Waals surface area contributed by atoms with E-state index in [1.807, 2.05) is 0 Å². The molecule has 1 saturated carbocycles. The molecule has 64 valence electrons. The molecule has 0 heterocycles. The summed E-state index contributed by atoms with van der Waals surface area (Å²) in [7, 11) is 0. The lowest BCUT2D eigenvalue weighted by Gasteiger charge is -2.30. The molecule has 1 aliphatic rings. The third-order valence-electron chi connectivity index (χ3n) is 2.55. The summed E-state index contributed by atoms with van der Waals surface area (Å²) < 4.78 is 13.2. The van der Waals surface area contributed by atoms with E-state index < -0.39 is 5.67 Å². The van der Waals surface area contributed by atoms with Crippen LogP contribution in [0.25, 0.3) is 0 Å². The second-order valence-electron chi connectivity index (χ2n) is 3.76. The SMILES string of the molecule is C=C(N)C1CCC(C)(F)CC1. The van der Waals surface area contributed by atoms with Gasteiger partial charge in [-0.15, -0.1) is 0 Å². The Hall–Kier alpha value is -0.530. The Kier molecular flexibility index (Phi) is 2.21. The normalized spacial score (nSPS) is 38.5. The zero-order valence-corrected chi connectivity index (χ0v) is 7.07. The van der Waals surface area contributed by atoms with Gasteiger partial charge in [0.25, 0.3) is 0 Å². The molecule has 0 aromatic heterocycles. The summed E-state index contributed by atoms with van der Waals surface area (Å²) in [4.78, 5) is 0. The van der Waals surface area contributed by atoms with Gasteiger partial charge in [-0.3, -0.25) is 0 Å². The topological polar surface area (TPSA) is 26.0 Å². The number of halogens is 1. The third kappa shape index (κ3) is 2.21. The van der Waals surface area contributed by atoms with Crippen LogP contribution in [0.4, 0.5) is 4.39 Å². The van der Waals surface area contributed by atoms with Crippen LogP contribution in [0.1, 0.15) is 32.6 Å². The van der Waals surface area contributed by atoms with Gasteiger partial charge in [-0.25, -0.2) is 4.39 Å². The van der Waals surface area contributed by atoms with Gasteiger partial charge in [0.15, 0.2) is 0 Å². The van der Waals surface area contributed by atoms with Gasteiger partial charge in [0.1, 0.15) is 5.67 Å². The molecule has 2 N–H and O–H groups in total. The quantitative estimate of drug-likeness (QED) is 0.621. The third-order valence-corrected chi connectivity index (χ3v) is 2.55. The number of hydrogen-bond acceptors (Lipinski definition) is 1. The van der Waals surface area contributed by atoms with Gasteiger partial charge >= 0.3 is 0 Å². The Morgan fingerprint density at radius 1 is 1.55 bits per heavy atom. The highest BCUT2D eigenvalue weighted by Gasteiger charge is 2.30. The first-order valence-corrected chi connectivity index (χ1v) is 4.14. The lowest BCUT2D eigenvalue weighted by atomic mass is 9.80. The van der Waals surface area contributed by atoms with Crippen molar-refractivity contribution in [3.63, 3.8) is 0 Å². The Morgan fingerprint density at radius 2 is 2.00 bits per heavy atom. The Balaban J connectivity index is 2.42. The van der Waals surface area contributed by atoms with Crippen molar-refractivity contribution in [3.8, 4) is 0 Å². The standard InChI is InChI=1S/C9H16FN/c1-7(11)8-3-5-9(2,10)6-4-8/h8H,1,3-6,11H2,2H3. The number of nitrogens with two attached hydrogens (primary N) is 1. The van der Waals surface area contributed by atoms with Crippen molar-refractivity contribution in [1.82, 2.24) is 0 Å². The lowest BCUT2D eigenvalue weighted by Crippen LogP contribution is -2.28. The molecule has 11 heavy (non-hydrogen) atoms. The van der Waals surface area contributed by atoms with E-state index in [0.29, 0.717) is 18.8 Å². The molecule has 0 unspecified atom stereocenters. The maximum Gasteiger partial charge on any atom is 0.108 e. The Labute approximate surface area is 67.5 Å². The van der Waals surface area contributed by atoms with E-state index in [-0.39, 0.29) is 0 Å². The smallest absolute Gasteiger partial charge is 0.108 e. The molecule has 0 saturated heterocycles. The number of alkyl halides is 1. The zero-order valence-electron chi connectivity index (χ0n) is 7.07. The first kappa shape index (κ1) is 8.57. The van der Waals surface area contributed by atoms with Crippen LogP contribution < -0.4 is 5.73 Å². The predicted molar refractivity (Wildman–Crippen MR) is 44.8 cm³/mol. The highest BCUT2D eigenvalue weighted by Crippen LogP contribution is 2.36. The molecular weight excluding hydrogens is 141 g/mol. The minimum atomic E-state index is -0.952. The fourth-order valence-corrected chi connectivity index (χ4v) is 1.59. The fourth-order valence-electron chi connectivity index (χ4n) is 1.59. The summed E-state index contributed by atoms with van der Waals surface area (Å²) in [6.07, 6.45) is 2.99. The molecule has 0 spiro atoms. The average Bonchev–Trinajstić information content (AvgIpc) is 1.86. The van der Waals surface area contributed by atoms with Gasteiger partial charge in [-0.05, 0) is 38.5 Å². The van der Waals surface area contributed by atoms with Crippen molar-refractivity contribution in [1.29, 1.82) is 0 Å². The first-order chi connectivity index (χ1) is 5.01. The maximum absolute atomic E-state index is 13.2. The average molecular weight is 157 g/mol. The summed E-state index contributed by atoms with van der Waals surface area (Å²) >= 11 is 0. The fraction of sp³-hybridized carbons (Fsp3) is 0.778. The van der Waals surface area contributed by atoms with Crippen LogP contribution in [-0.2, 0) is 0 Å². The Morgan fingerprint density at radius 3 is 2.36 bits per heavy atom. The van der Waals surface area contributed by atoms with Crippen LogP contribution >= 0.6 is 0 Å². The van der Waals surface area contributed by atoms with Gasteiger partial charge in [0.2, 0.25) is 0 Å². The van der Waals surface area contributed by atoms with Crippen molar-refractivity contribution in [2.75, 3.05) is 0 Å². The van der Waals surface area contributed by atoms with E-state index in [1.54, 1.807) is 6.92 Å². The summed E-state index contributed by atoms with van der Waals surface area (Å²) in [5.74, 6) is 0.360. The highest BCUT2D eigenvalue weighted by atomic mass is 19.1. The lowest BCUT2D eigenvalue weighted by molar-refractivity contribution is 0.112. The van der Waals surface area contributed by atoms with E-state index >= 15 is 0 Å². The Bertz CT molecular complexity index is 153. The van der Waals surface area contributed by atoms with Crippen LogP contribution in [0.5, 0.6) is 0 Å². The number of allylic oxidation sites excluding steroid dienone is 1. The van der Waals surface area contributed by atoms with E-state index in [0.717, 1.165) is 18.5 Å². The zero-order chi connectivity index (χ0) is 8.48. The second-order valence-corrected chi connectivity index (χ2v) is 3.76. The minimum Gasteiger partial charge on any atom is -0.402 e. The molecule has 0 aromatic rings. The number of rotatable bonds is 1. The molecule has 0 aromatic carbocycles. The van der Waals surface area contributed by atoms with E-state index in [9.17, 15) is 4.39 Å². The number of hydrogen-bond donors (Lipinski definition) is 1. The maximum atomic E-state index is 13.2. The van der Waals surface area contributed by atoms with Crippen LogP contribution in [-0.4, -0.2) is 5.67 Å². The summed E-state index contributed by atoms with van der Waals surface area (Å²) in [5.41, 5.74) is 5.31. The van der Waals surface area contributed by atoms with Crippen LogP contribution in [0.3, 0.4) is 0 Å². The molecule has 1 nitrogen and oxygen atoms in total. The van der Waals surface area contributed by atoms with Gasteiger partial charge in [0, 0.05) is 5.70 Å². The molecule has 0 amide bonds. The first-order valence-electron chi connectivity index (χ1n) is 4.14. The molecule has 1 aliphatic carbocycles. The summed E-state index contributed by atoms with van der Waals surface area (Å²) in [6, 6.07) is 0. The van der Waals surface area contributed by atoms with Gasteiger partial charge in [-0.1, -0.05) is 6.58 Å². The van der Waals surface area contributed by atoms with Crippen molar-refractivity contribution in [3.05, 3.63) is 12.3 Å². The molecule has 1 fully saturated rings. The molecule has 0 aliphatic heterocycles. The van der Waals surface area contributed by atoms with Gasteiger partial charge in [0.05, 0.1) is 0 Å². The van der Waals surface area contributed by atoms with Crippen molar-refractivity contribution < 1.29 is 4.39 Å². The molecule has 1 rings (SSSR count). The molecular formula is C9H16FN. The monoisotopic (exact) mass is 157 g/mol. The second kappa shape index (κ2) is 2.84. The minimum absolute atomic E-state index is 0.360. The molecule has 2 heteroatoms. The highest BCUT2D eigenvalue weighted by molar-refractivity contribution is 4.98. The van der Waals surface area contributed by atoms with Gasteiger partial charge in [-0.2, -0.15) is 0 Å². The molecule has 0 atom stereocenters. The van der Waals surface area contributed by atoms with E-state index in [2.05, 4.69) is 6.58 Å². The van der Waals surface area contributed by atoms with E-state index in [4.69, 9.17) is 5.73 Å². The molecule has 0 bridgehead atoms. The van der Waals surface area contributed by atoms with Gasteiger partial charge < -0.3 is 5.73 Å².